The first-order chi connectivity index (χ1) is 16.9. The molecule has 0 radical (unpaired) electrons. The molecule has 182 valence electrons. The first kappa shape index (κ1) is 24.8. The Kier molecular flexibility index (Phi) is 7.73. The van der Waals surface area contributed by atoms with Crippen LogP contribution in [0.15, 0.2) is 65.6 Å². The van der Waals surface area contributed by atoms with Crippen LogP contribution in [0.2, 0.25) is 5.02 Å². The van der Waals surface area contributed by atoms with Crippen LogP contribution in [0, 0.1) is 0 Å². The van der Waals surface area contributed by atoms with Crippen molar-refractivity contribution >= 4 is 46.6 Å². The minimum Gasteiger partial charge on any atom is -0.493 e. The van der Waals surface area contributed by atoms with E-state index in [1.807, 2.05) is 36.4 Å². The van der Waals surface area contributed by atoms with Crippen molar-refractivity contribution in [2.24, 2.45) is 0 Å². The zero-order valence-electron chi connectivity index (χ0n) is 19.5. The number of amides is 2. The smallest absolute Gasteiger partial charge is 0.244 e. The van der Waals surface area contributed by atoms with Gasteiger partial charge in [0.15, 0.2) is 11.5 Å². The van der Waals surface area contributed by atoms with Crippen LogP contribution in [-0.4, -0.2) is 39.7 Å². The maximum absolute atomic E-state index is 13.5. The van der Waals surface area contributed by atoms with Gasteiger partial charge in [0.1, 0.15) is 6.54 Å². The molecule has 0 fully saturated rings. The van der Waals surface area contributed by atoms with Crippen LogP contribution in [0.25, 0.3) is 0 Å². The van der Waals surface area contributed by atoms with E-state index >= 15 is 0 Å². The molecule has 4 rings (SSSR count). The molecule has 2 amide bonds. The van der Waals surface area contributed by atoms with E-state index in [-0.39, 0.29) is 30.0 Å². The molecule has 3 aromatic rings. The Hall–Kier alpha value is -3.36. The van der Waals surface area contributed by atoms with Gasteiger partial charge in [-0.1, -0.05) is 29.8 Å². The molecule has 1 aliphatic heterocycles. The third-order valence-electron chi connectivity index (χ3n) is 5.56. The Morgan fingerprint density at radius 1 is 1.03 bits per heavy atom. The molecule has 0 aromatic heterocycles. The molecule has 35 heavy (non-hydrogen) atoms. The summed E-state index contributed by atoms with van der Waals surface area (Å²) in [5.41, 5.74) is 2.12. The van der Waals surface area contributed by atoms with Crippen LogP contribution in [0.4, 0.5) is 11.4 Å². The molecule has 1 aliphatic rings. The number of rotatable bonds is 7. The van der Waals surface area contributed by atoms with Crippen molar-refractivity contribution < 1.29 is 23.8 Å². The lowest BCUT2D eigenvalue weighted by atomic mass is 10.1. The molecule has 0 spiro atoms. The van der Waals surface area contributed by atoms with Gasteiger partial charge in [-0.05, 0) is 48.0 Å². The Morgan fingerprint density at radius 3 is 2.40 bits per heavy atom. The number of halogens is 1. The standard InChI is InChI=1S/C26H25ClN2O5S/c1-32-20-11-16(12-21(33-2)26(20)34-3)23-14-25(31)29(19-9-4-5-10-22(19)35-23)15-24(30)28-18-8-6-7-17(27)13-18/h4-13,23H,14-15H2,1-3H3,(H,28,30)/t23-/m0/s1. The molecule has 1 N–H and O–H groups in total. The number of nitrogens with one attached hydrogen (secondary N) is 1. The van der Waals surface area contributed by atoms with Gasteiger partial charge in [0, 0.05) is 27.3 Å². The Bertz CT molecular complexity index is 1230. The first-order valence-electron chi connectivity index (χ1n) is 10.8. The zero-order chi connectivity index (χ0) is 24.9. The molecule has 0 bridgehead atoms. The predicted octanol–water partition coefficient (Wildman–Crippen LogP) is 5.57. The van der Waals surface area contributed by atoms with Gasteiger partial charge >= 0.3 is 0 Å². The van der Waals surface area contributed by atoms with Crippen LogP contribution >= 0.6 is 23.4 Å². The molecular formula is C26H25ClN2O5S. The number of hydrogen-bond donors (Lipinski definition) is 1. The highest BCUT2D eigenvalue weighted by molar-refractivity contribution is 7.99. The fourth-order valence-corrected chi connectivity index (χ4v) is 5.39. The summed E-state index contributed by atoms with van der Waals surface area (Å²) < 4.78 is 16.4. The highest BCUT2D eigenvalue weighted by atomic mass is 35.5. The van der Waals surface area contributed by atoms with E-state index < -0.39 is 0 Å². The Labute approximate surface area is 213 Å². The number of anilines is 2. The van der Waals surface area contributed by atoms with Crippen LogP contribution in [-0.2, 0) is 9.59 Å². The second kappa shape index (κ2) is 10.9. The molecule has 1 heterocycles. The predicted molar refractivity (Wildman–Crippen MR) is 138 cm³/mol. The molecular weight excluding hydrogens is 488 g/mol. The molecule has 0 saturated heterocycles. The molecule has 0 aliphatic carbocycles. The lowest BCUT2D eigenvalue weighted by Crippen LogP contribution is -2.38. The number of nitrogens with zero attached hydrogens (tertiary/aromatic N) is 1. The number of fused-ring (bicyclic) bond motifs is 1. The lowest BCUT2D eigenvalue weighted by molar-refractivity contribution is -0.121. The Balaban J connectivity index is 1.63. The van der Waals surface area contributed by atoms with Gasteiger partial charge in [0.05, 0.1) is 27.0 Å². The molecule has 0 unspecified atom stereocenters. The summed E-state index contributed by atoms with van der Waals surface area (Å²) >= 11 is 7.58. The maximum Gasteiger partial charge on any atom is 0.244 e. The van der Waals surface area contributed by atoms with Crippen LogP contribution in [0.1, 0.15) is 17.2 Å². The third-order valence-corrected chi connectivity index (χ3v) is 7.11. The fourth-order valence-electron chi connectivity index (χ4n) is 3.93. The zero-order valence-corrected chi connectivity index (χ0v) is 21.1. The number of carbonyl (C=O) groups excluding carboxylic acids is 2. The largest absolute Gasteiger partial charge is 0.493 e. The van der Waals surface area contributed by atoms with E-state index in [4.69, 9.17) is 25.8 Å². The van der Waals surface area contributed by atoms with E-state index in [1.165, 1.54) is 4.90 Å². The number of methoxy groups -OCH3 is 3. The van der Waals surface area contributed by atoms with Crippen molar-refractivity contribution in [1.29, 1.82) is 0 Å². The number of ether oxygens (including phenoxy) is 3. The molecule has 7 nitrogen and oxygen atoms in total. The van der Waals surface area contributed by atoms with Gasteiger partial charge in [-0.3, -0.25) is 9.59 Å². The van der Waals surface area contributed by atoms with Crippen LogP contribution in [0.5, 0.6) is 17.2 Å². The summed E-state index contributed by atoms with van der Waals surface area (Å²) in [5.74, 6) is 1.05. The van der Waals surface area contributed by atoms with Crippen LogP contribution in [0.3, 0.4) is 0 Å². The van der Waals surface area contributed by atoms with E-state index in [0.29, 0.717) is 33.6 Å². The SMILES string of the molecule is COc1cc([C@@H]2CC(=O)N(CC(=O)Nc3cccc(Cl)c3)c3ccccc3S2)cc(OC)c1OC. The van der Waals surface area contributed by atoms with Crippen molar-refractivity contribution in [3.05, 3.63) is 71.2 Å². The monoisotopic (exact) mass is 512 g/mol. The highest BCUT2D eigenvalue weighted by Crippen LogP contribution is 2.49. The second-order valence-electron chi connectivity index (χ2n) is 7.78. The van der Waals surface area contributed by atoms with Gasteiger partial charge in [0.2, 0.25) is 17.6 Å². The van der Waals surface area contributed by atoms with E-state index in [0.717, 1.165) is 10.5 Å². The van der Waals surface area contributed by atoms with Crippen molar-refractivity contribution in [3.8, 4) is 17.2 Å². The van der Waals surface area contributed by atoms with Crippen LogP contribution < -0.4 is 24.4 Å². The molecule has 9 heteroatoms. The maximum atomic E-state index is 13.5. The molecule has 3 aromatic carbocycles. The average molecular weight is 513 g/mol. The number of benzene rings is 3. The molecule has 0 saturated carbocycles. The third kappa shape index (κ3) is 5.49. The normalized spacial score (nSPS) is 15.1. The average Bonchev–Trinajstić information content (AvgIpc) is 2.99. The number of hydrogen-bond acceptors (Lipinski definition) is 6. The number of para-hydroxylation sites is 1. The van der Waals surface area contributed by atoms with Gasteiger partial charge in [-0.15, -0.1) is 11.8 Å². The summed E-state index contributed by atoms with van der Waals surface area (Å²) in [5, 5.41) is 3.11. The van der Waals surface area contributed by atoms with Gasteiger partial charge in [0.25, 0.3) is 0 Å². The number of thioether (sulfide) groups is 1. The number of carbonyl (C=O) groups is 2. The van der Waals surface area contributed by atoms with Crippen molar-refractivity contribution in [2.45, 2.75) is 16.6 Å². The minimum atomic E-state index is -0.313. The van der Waals surface area contributed by atoms with Crippen molar-refractivity contribution in [3.63, 3.8) is 0 Å². The van der Waals surface area contributed by atoms with E-state index in [9.17, 15) is 9.59 Å². The second-order valence-corrected chi connectivity index (χ2v) is 9.46. The first-order valence-corrected chi connectivity index (χ1v) is 12.1. The van der Waals surface area contributed by atoms with Gasteiger partial charge in [-0.25, -0.2) is 0 Å². The summed E-state index contributed by atoms with van der Waals surface area (Å²) in [7, 11) is 4.66. The van der Waals surface area contributed by atoms with Gasteiger partial charge < -0.3 is 24.4 Å². The summed E-state index contributed by atoms with van der Waals surface area (Å²) in [6.07, 6.45) is 0.183. The Morgan fingerprint density at radius 2 is 1.74 bits per heavy atom. The topological polar surface area (TPSA) is 77.1 Å². The fraction of sp³-hybridized carbons (Fsp3) is 0.231. The van der Waals surface area contributed by atoms with Crippen molar-refractivity contribution in [1.82, 2.24) is 0 Å². The van der Waals surface area contributed by atoms with Crippen molar-refractivity contribution in [2.75, 3.05) is 38.1 Å². The summed E-state index contributed by atoms with van der Waals surface area (Å²) in [4.78, 5) is 28.7. The van der Waals surface area contributed by atoms with Gasteiger partial charge in [-0.2, -0.15) is 0 Å². The summed E-state index contributed by atoms with van der Waals surface area (Å²) in [6, 6.07) is 18.2. The summed E-state index contributed by atoms with van der Waals surface area (Å²) in [6.45, 7) is -0.120. The van der Waals surface area contributed by atoms with E-state index in [1.54, 1.807) is 57.4 Å². The van der Waals surface area contributed by atoms with E-state index in [2.05, 4.69) is 5.32 Å². The quantitative estimate of drug-likeness (QED) is 0.445. The minimum absolute atomic E-state index is 0.120. The highest BCUT2D eigenvalue weighted by Gasteiger charge is 2.31. The molecule has 1 atom stereocenters. The lowest BCUT2D eigenvalue weighted by Gasteiger charge is -2.22.